The van der Waals surface area contributed by atoms with Crippen LogP contribution in [0.5, 0.6) is 0 Å². The zero-order valence-corrected chi connectivity index (χ0v) is 31.7. The minimum atomic E-state index is -0.217. The fourth-order valence-electron chi connectivity index (χ4n) is 8.40. The number of fused-ring (bicyclic) bond motifs is 13. The molecule has 0 N–H and O–H groups in total. The van der Waals surface area contributed by atoms with Crippen LogP contribution in [-0.2, 0) is 14.1 Å². The molecule has 256 valence electrons. The zero-order chi connectivity index (χ0) is 36.3. The number of nitrogens with zero attached hydrogens (tertiary/aromatic N) is 2. The predicted molar refractivity (Wildman–Crippen MR) is 225 cm³/mol. The van der Waals surface area contributed by atoms with Gasteiger partial charge in [0.15, 0.2) is 23.1 Å². The van der Waals surface area contributed by atoms with E-state index in [1.165, 1.54) is 29.8 Å². The van der Waals surface area contributed by atoms with E-state index in [9.17, 15) is 19.2 Å². The molecule has 0 radical (unpaired) electrons. The highest BCUT2D eigenvalue weighted by Gasteiger charge is 2.35. The zero-order valence-electron chi connectivity index (χ0n) is 28.4. The summed E-state index contributed by atoms with van der Waals surface area (Å²) in [4.78, 5) is 55.7. The van der Waals surface area contributed by atoms with Gasteiger partial charge in [-0.25, -0.2) is 0 Å². The molecular formula is C44H22N2O4S4. The third kappa shape index (κ3) is 3.87. The Morgan fingerprint density at radius 3 is 1.07 bits per heavy atom. The average molecular weight is 771 g/mol. The van der Waals surface area contributed by atoms with E-state index in [-0.39, 0.29) is 34.3 Å². The van der Waals surface area contributed by atoms with Gasteiger partial charge >= 0.3 is 0 Å². The molecule has 0 unspecified atom stereocenters. The first-order valence-corrected chi connectivity index (χ1v) is 20.5. The largest absolute Gasteiger partial charge is 0.341 e. The van der Waals surface area contributed by atoms with Crippen LogP contribution in [0.4, 0.5) is 0 Å². The van der Waals surface area contributed by atoms with Crippen molar-refractivity contribution in [3.63, 3.8) is 0 Å². The third-order valence-electron chi connectivity index (χ3n) is 11.0. The van der Waals surface area contributed by atoms with Crippen LogP contribution < -0.4 is 0 Å². The molecule has 10 heteroatoms. The van der Waals surface area contributed by atoms with Crippen molar-refractivity contribution in [2.24, 2.45) is 14.1 Å². The highest BCUT2D eigenvalue weighted by Crippen LogP contribution is 2.52. The summed E-state index contributed by atoms with van der Waals surface area (Å²) >= 11 is 6.79. The van der Waals surface area contributed by atoms with Gasteiger partial charge in [0.2, 0.25) is 0 Å². The molecular weight excluding hydrogens is 749 g/mol. The van der Waals surface area contributed by atoms with Crippen LogP contribution in [0.15, 0.2) is 96.1 Å². The Bertz CT molecular complexity index is 3200. The fourth-order valence-corrected chi connectivity index (χ4v) is 13.9. The number of benzene rings is 4. The first kappa shape index (κ1) is 30.7. The van der Waals surface area contributed by atoms with Crippen molar-refractivity contribution in [1.82, 2.24) is 9.13 Å². The summed E-state index contributed by atoms with van der Waals surface area (Å²) in [6.07, 6.45) is 3.54. The van der Waals surface area contributed by atoms with Crippen molar-refractivity contribution in [2.75, 3.05) is 0 Å². The minimum Gasteiger partial charge on any atom is -0.341 e. The Morgan fingerprint density at radius 2 is 0.741 bits per heavy atom. The fraction of sp³-hybridized carbons (Fsp3) is 0.0455. The van der Waals surface area contributed by atoms with Gasteiger partial charge in [-0.15, -0.1) is 45.3 Å². The van der Waals surface area contributed by atoms with E-state index < -0.39 is 0 Å². The van der Waals surface area contributed by atoms with Gasteiger partial charge in [-0.3, -0.25) is 19.2 Å². The molecule has 0 saturated heterocycles. The smallest absolute Gasteiger partial charge is 0.197 e. The number of rotatable bonds is 2. The van der Waals surface area contributed by atoms with Crippen LogP contribution >= 0.6 is 45.3 Å². The summed E-state index contributed by atoms with van der Waals surface area (Å²) in [7, 11) is 4.17. The number of ketones is 4. The molecule has 0 amide bonds. The van der Waals surface area contributed by atoms with E-state index >= 15 is 0 Å². The second-order valence-corrected chi connectivity index (χ2v) is 18.2. The number of allylic oxidation sites excluding steroid dienone is 2. The average Bonchev–Trinajstić information content (AvgIpc) is 4.05. The van der Waals surface area contributed by atoms with Gasteiger partial charge in [0, 0.05) is 46.1 Å². The molecule has 0 spiro atoms. The van der Waals surface area contributed by atoms with Gasteiger partial charge in [0.05, 0.1) is 61.4 Å². The van der Waals surface area contributed by atoms with E-state index in [1.807, 2.05) is 72.8 Å². The van der Waals surface area contributed by atoms with Crippen molar-refractivity contribution < 1.29 is 19.2 Å². The molecule has 2 aliphatic rings. The highest BCUT2D eigenvalue weighted by atomic mass is 32.1. The quantitative estimate of drug-likeness (QED) is 0.130. The molecule has 4 aromatic carbocycles. The van der Waals surface area contributed by atoms with Gasteiger partial charge in [-0.05, 0) is 70.1 Å². The van der Waals surface area contributed by atoms with E-state index in [1.54, 1.807) is 57.5 Å². The van der Waals surface area contributed by atoms with Crippen molar-refractivity contribution in [2.45, 2.75) is 0 Å². The second kappa shape index (κ2) is 10.5. The summed E-state index contributed by atoms with van der Waals surface area (Å²) in [6.45, 7) is 0. The number of carbonyl (C=O) groups excluding carboxylic acids is 4. The Morgan fingerprint density at radius 1 is 0.426 bits per heavy atom. The van der Waals surface area contributed by atoms with Crippen LogP contribution in [0.1, 0.15) is 51.2 Å². The number of hydrogen-bond acceptors (Lipinski definition) is 8. The van der Waals surface area contributed by atoms with Gasteiger partial charge in [0.25, 0.3) is 0 Å². The summed E-state index contributed by atoms with van der Waals surface area (Å²) in [6, 6.07) is 27.1. The molecule has 10 aromatic rings. The number of carbonyl (C=O) groups is 4. The maximum absolute atomic E-state index is 13.5. The lowest BCUT2D eigenvalue weighted by Gasteiger charge is -2.00. The van der Waals surface area contributed by atoms with Crippen molar-refractivity contribution in [1.29, 1.82) is 0 Å². The second-order valence-electron chi connectivity index (χ2n) is 14.0. The molecule has 0 fully saturated rings. The third-order valence-corrected chi connectivity index (χ3v) is 16.0. The number of thiophene rings is 4. The summed E-state index contributed by atoms with van der Waals surface area (Å²) < 4.78 is 11.6. The maximum Gasteiger partial charge on any atom is 0.197 e. The lowest BCUT2D eigenvalue weighted by atomic mass is 10.0. The Labute approximate surface area is 321 Å². The lowest BCUT2D eigenvalue weighted by Crippen LogP contribution is -1.99. The Balaban J connectivity index is 0.934. The lowest BCUT2D eigenvalue weighted by molar-refractivity contribution is 0.0975. The first-order chi connectivity index (χ1) is 26.2. The van der Waals surface area contributed by atoms with Crippen LogP contribution in [0.25, 0.3) is 84.0 Å². The van der Waals surface area contributed by atoms with E-state index in [0.29, 0.717) is 22.3 Å². The van der Waals surface area contributed by atoms with E-state index in [4.69, 9.17) is 0 Å². The number of hydrogen-bond donors (Lipinski definition) is 0. The van der Waals surface area contributed by atoms with E-state index in [0.717, 1.165) is 51.7 Å². The molecule has 0 atom stereocenters. The normalized spacial score (nSPS) is 14.6. The van der Waals surface area contributed by atoms with Crippen LogP contribution in [0.2, 0.25) is 0 Å². The molecule has 6 nitrogen and oxygen atoms in total. The van der Waals surface area contributed by atoms with Crippen molar-refractivity contribution in [3.05, 3.63) is 128 Å². The number of aromatic nitrogens is 2. The van der Waals surface area contributed by atoms with Gasteiger partial charge in [-0.1, -0.05) is 48.5 Å². The predicted octanol–water partition coefficient (Wildman–Crippen LogP) is 11.6. The molecule has 0 aliphatic heterocycles. The monoisotopic (exact) mass is 770 g/mol. The van der Waals surface area contributed by atoms with Crippen LogP contribution in [0.3, 0.4) is 0 Å². The van der Waals surface area contributed by atoms with E-state index in [2.05, 4.69) is 35.4 Å². The Hall–Kier alpha value is -5.78. The molecule has 6 aromatic heterocycles. The summed E-state index contributed by atoms with van der Waals surface area (Å²) in [5.41, 5.74) is 6.85. The number of Topliss-reactive ketones (excluding diaryl/α,β-unsaturated/α-hetero) is 4. The molecule has 2 aliphatic carbocycles. The standard InChI is InChI=1S/C44H22N2O4S4/c1-45-31-17-23(15-29-35(47)25-11-19-7-3-4-8-20(19)12-26(25)36(29)48)51-39(31)41-33(45)43-44(53-41)34-42(54-43)40-32(46(34)2)18-24(52-40)16-30-37(49)27-13-21-9-5-6-10-22(21)14-28(27)38(30)50/h3-18H,1-2H3. The topological polar surface area (TPSA) is 78.1 Å². The SMILES string of the molecule is Cn1c2cc(C=C3C(=O)c4cc5ccccc5cc4C3=O)sc2c2sc3c(sc4c5sc(C=C6C(=O)c7cc8ccccc8cc7C6=O)cc5n(C)c43)c21. The highest BCUT2D eigenvalue weighted by molar-refractivity contribution is 7.40. The summed E-state index contributed by atoms with van der Waals surface area (Å²) in [5, 5.41) is 3.79. The molecule has 0 saturated carbocycles. The van der Waals surface area contributed by atoms with Gasteiger partial charge in [-0.2, -0.15) is 0 Å². The first-order valence-electron chi connectivity index (χ1n) is 17.3. The van der Waals surface area contributed by atoms with Crippen molar-refractivity contribution >= 4 is 152 Å². The minimum absolute atomic E-state index is 0.217. The van der Waals surface area contributed by atoms with Gasteiger partial charge < -0.3 is 9.13 Å². The molecule has 54 heavy (non-hydrogen) atoms. The molecule has 12 rings (SSSR count). The molecule has 6 heterocycles. The van der Waals surface area contributed by atoms with Gasteiger partial charge in [0.1, 0.15) is 0 Å². The Kier molecular flexibility index (Phi) is 5.94. The van der Waals surface area contributed by atoms with Crippen LogP contribution in [0, 0.1) is 0 Å². The molecule has 0 bridgehead atoms. The summed E-state index contributed by atoms with van der Waals surface area (Å²) in [5.74, 6) is -0.868. The number of aryl methyl sites for hydroxylation is 2. The maximum atomic E-state index is 13.5. The van der Waals surface area contributed by atoms with Crippen LogP contribution in [-0.4, -0.2) is 32.3 Å². The van der Waals surface area contributed by atoms with Crippen molar-refractivity contribution in [3.8, 4) is 0 Å².